The summed E-state index contributed by atoms with van der Waals surface area (Å²) in [6.07, 6.45) is -6.78. The SMILES string of the molecule is CC(C)(C)c1ccc(C(CC(=O)O)NC(=O)CCC(F)(F)F)cc1. The number of alkyl halides is 3. The maximum atomic E-state index is 12.2. The van der Waals surface area contributed by atoms with Gasteiger partial charge in [0.1, 0.15) is 0 Å². The molecule has 0 saturated heterocycles. The molecule has 1 atom stereocenters. The number of rotatable bonds is 6. The average Bonchev–Trinajstić information content (AvgIpc) is 2.42. The van der Waals surface area contributed by atoms with Gasteiger partial charge in [-0.15, -0.1) is 0 Å². The van der Waals surface area contributed by atoms with Crippen molar-refractivity contribution < 1.29 is 27.9 Å². The predicted molar refractivity (Wildman–Crippen MR) is 83.6 cm³/mol. The van der Waals surface area contributed by atoms with Crippen LogP contribution in [-0.4, -0.2) is 23.2 Å². The summed E-state index contributed by atoms with van der Waals surface area (Å²) < 4.78 is 36.5. The van der Waals surface area contributed by atoms with Crippen LogP contribution in [0.3, 0.4) is 0 Å². The van der Waals surface area contributed by atoms with Crippen LogP contribution >= 0.6 is 0 Å². The van der Waals surface area contributed by atoms with E-state index in [1.54, 1.807) is 12.1 Å². The summed E-state index contributed by atoms with van der Waals surface area (Å²) in [6, 6.07) is 6.17. The van der Waals surface area contributed by atoms with E-state index < -0.39 is 43.4 Å². The molecule has 0 saturated carbocycles. The lowest BCUT2D eigenvalue weighted by Crippen LogP contribution is -2.31. The van der Waals surface area contributed by atoms with Crippen molar-refractivity contribution in [3.8, 4) is 0 Å². The lowest BCUT2D eigenvalue weighted by Gasteiger charge is -2.22. The monoisotopic (exact) mass is 345 g/mol. The molecule has 4 nitrogen and oxygen atoms in total. The van der Waals surface area contributed by atoms with Crippen molar-refractivity contribution in [3.05, 3.63) is 35.4 Å². The first kappa shape index (κ1) is 20.0. The van der Waals surface area contributed by atoms with E-state index in [2.05, 4.69) is 5.32 Å². The smallest absolute Gasteiger partial charge is 0.389 e. The van der Waals surface area contributed by atoms with Crippen LogP contribution in [-0.2, 0) is 15.0 Å². The second-order valence-corrected chi connectivity index (χ2v) is 6.71. The molecule has 0 heterocycles. The van der Waals surface area contributed by atoms with Crippen molar-refractivity contribution in [2.24, 2.45) is 0 Å². The van der Waals surface area contributed by atoms with E-state index in [4.69, 9.17) is 5.11 Å². The number of halogens is 3. The number of carboxylic acid groups (broad SMARTS) is 1. The fourth-order valence-corrected chi connectivity index (χ4v) is 2.16. The Balaban J connectivity index is 2.85. The molecule has 1 unspecified atom stereocenters. The zero-order valence-corrected chi connectivity index (χ0v) is 13.9. The van der Waals surface area contributed by atoms with Gasteiger partial charge in [-0.2, -0.15) is 13.2 Å². The third kappa shape index (κ3) is 7.02. The number of amides is 1. The highest BCUT2D eigenvalue weighted by atomic mass is 19.4. The summed E-state index contributed by atoms with van der Waals surface area (Å²) in [6.45, 7) is 6.07. The van der Waals surface area contributed by atoms with E-state index in [-0.39, 0.29) is 5.41 Å². The van der Waals surface area contributed by atoms with E-state index in [0.717, 1.165) is 5.56 Å². The first-order chi connectivity index (χ1) is 10.9. The molecule has 1 aromatic rings. The molecule has 1 aromatic carbocycles. The van der Waals surface area contributed by atoms with E-state index in [1.807, 2.05) is 32.9 Å². The Morgan fingerprint density at radius 3 is 2.08 bits per heavy atom. The molecule has 0 aliphatic rings. The second kappa shape index (κ2) is 7.68. The van der Waals surface area contributed by atoms with E-state index in [9.17, 15) is 22.8 Å². The van der Waals surface area contributed by atoms with Gasteiger partial charge in [-0.25, -0.2) is 0 Å². The minimum Gasteiger partial charge on any atom is -0.481 e. The van der Waals surface area contributed by atoms with Gasteiger partial charge in [0, 0.05) is 6.42 Å². The first-order valence-electron chi connectivity index (χ1n) is 7.57. The van der Waals surface area contributed by atoms with Crippen LogP contribution in [0.5, 0.6) is 0 Å². The normalized spacial score (nSPS) is 13.4. The number of carboxylic acids is 1. The first-order valence-corrected chi connectivity index (χ1v) is 7.57. The van der Waals surface area contributed by atoms with Gasteiger partial charge in [-0.05, 0) is 16.5 Å². The number of nitrogens with one attached hydrogen (secondary N) is 1. The zero-order chi connectivity index (χ0) is 18.5. The molecular formula is C17H22F3NO3. The Morgan fingerprint density at radius 1 is 1.12 bits per heavy atom. The number of benzene rings is 1. The highest BCUT2D eigenvalue weighted by molar-refractivity contribution is 5.77. The van der Waals surface area contributed by atoms with Crippen LogP contribution < -0.4 is 5.32 Å². The van der Waals surface area contributed by atoms with Gasteiger partial charge in [0.25, 0.3) is 0 Å². The highest BCUT2D eigenvalue weighted by Gasteiger charge is 2.28. The molecule has 1 amide bonds. The molecule has 0 aromatic heterocycles. The number of carbonyl (C=O) groups is 2. The van der Waals surface area contributed by atoms with Crippen LogP contribution in [0.4, 0.5) is 13.2 Å². The van der Waals surface area contributed by atoms with Crippen molar-refractivity contribution in [1.82, 2.24) is 5.32 Å². The van der Waals surface area contributed by atoms with Crippen LogP contribution in [0.25, 0.3) is 0 Å². The lowest BCUT2D eigenvalue weighted by atomic mass is 9.86. The summed E-state index contributed by atoms with van der Waals surface area (Å²) in [5, 5.41) is 11.3. The Bertz CT molecular complexity index is 574. The van der Waals surface area contributed by atoms with Crippen molar-refractivity contribution in [2.45, 2.75) is 57.7 Å². The van der Waals surface area contributed by atoms with Gasteiger partial charge in [0.05, 0.1) is 18.9 Å². The minimum absolute atomic E-state index is 0.0865. The van der Waals surface area contributed by atoms with Crippen LogP contribution in [0.2, 0.25) is 0 Å². The highest BCUT2D eigenvalue weighted by Crippen LogP contribution is 2.26. The molecule has 0 radical (unpaired) electrons. The molecule has 134 valence electrons. The molecular weight excluding hydrogens is 323 g/mol. The summed E-state index contributed by atoms with van der Waals surface area (Å²) in [7, 11) is 0. The maximum absolute atomic E-state index is 12.2. The van der Waals surface area contributed by atoms with Gasteiger partial charge in [-0.1, -0.05) is 45.0 Å². The third-order valence-corrected chi connectivity index (χ3v) is 3.53. The van der Waals surface area contributed by atoms with Gasteiger partial charge < -0.3 is 10.4 Å². The molecule has 1 rings (SSSR count). The number of aliphatic carboxylic acids is 1. The molecule has 0 bridgehead atoms. The van der Waals surface area contributed by atoms with Crippen LogP contribution in [0, 0.1) is 0 Å². The van der Waals surface area contributed by atoms with Crippen LogP contribution in [0.1, 0.15) is 57.2 Å². The molecule has 2 N–H and O–H groups in total. The second-order valence-electron chi connectivity index (χ2n) is 6.71. The summed E-state index contributed by atoms with van der Waals surface area (Å²) >= 11 is 0. The molecule has 0 fully saturated rings. The summed E-state index contributed by atoms with van der Waals surface area (Å²) in [4.78, 5) is 22.7. The Labute approximate surface area is 139 Å². The van der Waals surface area contributed by atoms with Gasteiger partial charge in [0.2, 0.25) is 5.91 Å². The van der Waals surface area contributed by atoms with E-state index >= 15 is 0 Å². The Hall–Kier alpha value is -2.05. The number of hydrogen-bond donors (Lipinski definition) is 2. The largest absolute Gasteiger partial charge is 0.481 e. The predicted octanol–water partition coefficient (Wildman–Crippen LogP) is 3.96. The molecule has 0 aliphatic carbocycles. The fraction of sp³-hybridized carbons (Fsp3) is 0.529. The molecule has 7 heteroatoms. The molecule has 0 spiro atoms. The topological polar surface area (TPSA) is 66.4 Å². The quantitative estimate of drug-likeness (QED) is 0.820. The number of carbonyl (C=O) groups excluding carboxylic acids is 1. The summed E-state index contributed by atoms with van der Waals surface area (Å²) in [5.41, 5.74) is 1.49. The molecule has 0 aliphatic heterocycles. The zero-order valence-electron chi connectivity index (χ0n) is 13.9. The lowest BCUT2D eigenvalue weighted by molar-refractivity contribution is -0.145. The van der Waals surface area contributed by atoms with Crippen molar-refractivity contribution in [3.63, 3.8) is 0 Å². The van der Waals surface area contributed by atoms with Crippen LogP contribution in [0.15, 0.2) is 24.3 Å². The Morgan fingerprint density at radius 2 is 1.67 bits per heavy atom. The van der Waals surface area contributed by atoms with Gasteiger partial charge in [0.15, 0.2) is 0 Å². The van der Waals surface area contributed by atoms with Gasteiger partial charge >= 0.3 is 12.1 Å². The fourth-order valence-electron chi connectivity index (χ4n) is 2.16. The standard InChI is InChI=1S/C17H22F3NO3/c1-16(2,3)12-6-4-11(5-7-12)13(10-15(23)24)21-14(22)8-9-17(18,19)20/h4-7,13H,8-10H2,1-3H3,(H,21,22)(H,23,24). The van der Waals surface area contributed by atoms with Crippen molar-refractivity contribution in [2.75, 3.05) is 0 Å². The van der Waals surface area contributed by atoms with Crippen molar-refractivity contribution >= 4 is 11.9 Å². The number of hydrogen-bond acceptors (Lipinski definition) is 2. The molecule has 24 heavy (non-hydrogen) atoms. The van der Waals surface area contributed by atoms with Gasteiger partial charge in [-0.3, -0.25) is 9.59 Å². The van der Waals surface area contributed by atoms with E-state index in [0.29, 0.717) is 5.56 Å². The Kier molecular flexibility index (Phi) is 6.40. The van der Waals surface area contributed by atoms with Crippen molar-refractivity contribution in [1.29, 1.82) is 0 Å². The summed E-state index contributed by atoms with van der Waals surface area (Å²) in [5.74, 6) is -1.96. The maximum Gasteiger partial charge on any atom is 0.389 e. The third-order valence-electron chi connectivity index (χ3n) is 3.53. The average molecular weight is 345 g/mol. The minimum atomic E-state index is -4.42. The van der Waals surface area contributed by atoms with E-state index in [1.165, 1.54) is 0 Å².